The van der Waals surface area contributed by atoms with Crippen molar-refractivity contribution < 1.29 is 30.9 Å². The first-order valence-corrected chi connectivity index (χ1v) is 8.73. The van der Waals surface area contributed by atoms with E-state index in [1.54, 1.807) is 12.1 Å². The number of benzene rings is 1. The Hall–Kier alpha value is -3.37. The van der Waals surface area contributed by atoms with Crippen molar-refractivity contribution in [2.45, 2.75) is 25.4 Å². The van der Waals surface area contributed by atoms with Crippen LogP contribution in [0.3, 0.4) is 0 Å². The van der Waals surface area contributed by atoms with Crippen molar-refractivity contribution in [1.29, 1.82) is 0 Å². The molecule has 1 aromatic carbocycles. The number of rotatable bonds is 4. The van der Waals surface area contributed by atoms with Gasteiger partial charge in [0.2, 0.25) is 5.82 Å². The molecule has 0 bridgehead atoms. The van der Waals surface area contributed by atoms with E-state index in [0.717, 1.165) is 16.7 Å². The molecule has 3 heterocycles. The summed E-state index contributed by atoms with van der Waals surface area (Å²) in [5.74, 6) is 0.388. The molecule has 0 amide bonds. The van der Waals surface area contributed by atoms with Crippen LogP contribution < -0.4 is 4.57 Å². The normalized spacial score (nSPS) is 12.6. The minimum atomic E-state index is -4.52. The van der Waals surface area contributed by atoms with Crippen LogP contribution >= 0.6 is 0 Å². The average Bonchev–Trinajstić information content (AvgIpc) is 3.26. The third-order valence-electron chi connectivity index (χ3n) is 4.47. The van der Waals surface area contributed by atoms with Crippen LogP contribution in [0.1, 0.15) is 11.4 Å². The molecule has 0 fully saturated rings. The molecule has 1 N–H and O–H groups in total. The summed E-state index contributed by atoms with van der Waals surface area (Å²) in [6.07, 6.45) is -4.74. The van der Waals surface area contributed by atoms with E-state index in [1.165, 1.54) is 35.3 Å². The quantitative estimate of drug-likeness (QED) is 0.390. The molecule has 0 aliphatic heterocycles. The first-order valence-electron chi connectivity index (χ1n) is 8.73. The summed E-state index contributed by atoms with van der Waals surface area (Å²) in [4.78, 5) is 11.0. The lowest BCUT2D eigenvalue weighted by Crippen LogP contribution is -2.44. The van der Waals surface area contributed by atoms with Crippen LogP contribution in [-0.2, 0) is 19.3 Å². The molecule has 0 spiro atoms. The van der Waals surface area contributed by atoms with Crippen molar-refractivity contribution in [3.05, 3.63) is 66.4 Å². The molecule has 0 aliphatic rings. The van der Waals surface area contributed by atoms with Crippen molar-refractivity contribution in [3.8, 4) is 11.4 Å². The van der Waals surface area contributed by atoms with E-state index in [4.69, 9.17) is 0 Å². The van der Waals surface area contributed by atoms with Gasteiger partial charge in [0, 0.05) is 18.0 Å². The highest BCUT2D eigenvalue weighted by Crippen LogP contribution is 2.32. The number of hydrogen-bond acceptors (Lipinski definition) is 2. The Bertz CT molecular complexity index is 1190. The third-order valence-corrected chi connectivity index (χ3v) is 4.47. The second-order valence-electron chi connectivity index (χ2n) is 6.60. The molecule has 30 heavy (non-hydrogen) atoms. The molecule has 3 aromatic heterocycles. The summed E-state index contributed by atoms with van der Waals surface area (Å²) in [5, 5.41) is 0. The van der Waals surface area contributed by atoms with Gasteiger partial charge in [0.1, 0.15) is 18.6 Å². The molecule has 156 valence electrons. The lowest BCUT2D eigenvalue weighted by molar-refractivity contribution is -0.704. The molecular formula is C19H14F6N5+. The van der Waals surface area contributed by atoms with Crippen molar-refractivity contribution in [1.82, 2.24) is 19.5 Å². The number of H-pyrrole nitrogens is 1. The van der Waals surface area contributed by atoms with Gasteiger partial charge in [0.15, 0.2) is 12.1 Å². The van der Waals surface area contributed by atoms with Crippen LogP contribution in [0.2, 0.25) is 0 Å². The predicted molar refractivity (Wildman–Crippen MR) is 94.1 cm³/mol. The maximum Gasteiger partial charge on any atom is 0.419 e. The van der Waals surface area contributed by atoms with E-state index in [-0.39, 0.29) is 29.4 Å². The lowest BCUT2D eigenvalue weighted by Gasteiger charge is -2.11. The number of aromatic nitrogens is 5. The zero-order chi connectivity index (χ0) is 21.5. The standard InChI is InChI=1S/C19H13F6N5/c20-18(21,22)11-30-15(28-14-5-2-6-26-17(14)30)10-29-8-7-27-16(29)12-3-1-4-13(9-12)19(23,24)25/h1-9H,10-11H2/p+1. The SMILES string of the molecule is FC(F)(F)C[n+]1c(Cn2ccnc2-c2cccc(C(F)(F)F)c2)[nH]c2cccnc21. The molecule has 0 unspecified atom stereocenters. The predicted octanol–water partition coefficient (Wildman–Crippen LogP) is 4.34. The van der Waals surface area contributed by atoms with Crippen molar-refractivity contribution in [2.75, 3.05) is 0 Å². The van der Waals surface area contributed by atoms with Crippen LogP contribution in [0.5, 0.6) is 0 Å². The molecule has 0 aliphatic carbocycles. The van der Waals surface area contributed by atoms with E-state index in [9.17, 15) is 26.3 Å². The Labute approximate surface area is 165 Å². The number of imidazole rings is 2. The lowest BCUT2D eigenvalue weighted by atomic mass is 10.1. The summed E-state index contributed by atoms with van der Waals surface area (Å²) in [5.41, 5.74) is -0.0917. The highest BCUT2D eigenvalue weighted by molar-refractivity contribution is 5.66. The van der Waals surface area contributed by atoms with Gasteiger partial charge in [-0.15, -0.1) is 4.98 Å². The van der Waals surface area contributed by atoms with Gasteiger partial charge in [0.25, 0.3) is 0 Å². The minimum absolute atomic E-state index is 0.0714. The molecule has 0 saturated heterocycles. The van der Waals surface area contributed by atoms with E-state index < -0.39 is 24.5 Å². The van der Waals surface area contributed by atoms with Crippen LogP contribution in [0.4, 0.5) is 26.3 Å². The number of fused-ring (bicyclic) bond motifs is 1. The molecule has 4 rings (SSSR count). The smallest absolute Gasteiger partial charge is 0.320 e. The fourth-order valence-electron chi connectivity index (χ4n) is 3.23. The molecule has 5 nitrogen and oxygen atoms in total. The molecule has 0 atom stereocenters. The van der Waals surface area contributed by atoms with Gasteiger partial charge in [-0.05, 0) is 24.3 Å². The summed E-state index contributed by atoms with van der Waals surface area (Å²) in [7, 11) is 0. The zero-order valence-electron chi connectivity index (χ0n) is 15.2. The van der Waals surface area contributed by atoms with Crippen LogP contribution in [0.15, 0.2) is 55.0 Å². The van der Waals surface area contributed by atoms with E-state index in [2.05, 4.69) is 15.0 Å². The maximum atomic E-state index is 13.1. The largest absolute Gasteiger partial charge is 0.419 e. The Morgan fingerprint density at radius 1 is 0.967 bits per heavy atom. The highest BCUT2D eigenvalue weighted by atomic mass is 19.4. The van der Waals surface area contributed by atoms with Gasteiger partial charge >= 0.3 is 18.0 Å². The van der Waals surface area contributed by atoms with E-state index >= 15 is 0 Å². The fraction of sp³-hybridized carbons (Fsp3) is 0.211. The minimum Gasteiger partial charge on any atom is -0.320 e. The highest BCUT2D eigenvalue weighted by Gasteiger charge is 2.34. The number of hydrogen-bond donors (Lipinski definition) is 1. The van der Waals surface area contributed by atoms with Crippen LogP contribution in [0, 0.1) is 0 Å². The molecule has 4 aromatic rings. The van der Waals surface area contributed by atoms with Crippen molar-refractivity contribution in [2.24, 2.45) is 0 Å². The second kappa shape index (κ2) is 7.15. The van der Waals surface area contributed by atoms with Gasteiger partial charge in [0.05, 0.1) is 5.56 Å². The molecular weight excluding hydrogens is 412 g/mol. The number of pyridine rings is 1. The maximum absolute atomic E-state index is 13.1. The molecule has 11 heteroatoms. The monoisotopic (exact) mass is 426 g/mol. The topological polar surface area (TPSA) is 50.4 Å². The molecule has 0 radical (unpaired) electrons. The third kappa shape index (κ3) is 4.00. The average molecular weight is 426 g/mol. The Balaban J connectivity index is 1.75. The number of nitrogens with one attached hydrogen (secondary N) is 1. The first kappa shape index (κ1) is 19.9. The number of nitrogens with zero attached hydrogens (tertiary/aromatic N) is 4. The van der Waals surface area contributed by atoms with E-state index in [0.29, 0.717) is 5.52 Å². The van der Waals surface area contributed by atoms with Crippen molar-refractivity contribution in [3.63, 3.8) is 0 Å². The Morgan fingerprint density at radius 2 is 1.77 bits per heavy atom. The van der Waals surface area contributed by atoms with Crippen LogP contribution in [0.25, 0.3) is 22.6 Å². The summed E-state index contributed by atoms with van der Waals surface area (Å²) in [6, 6.07) is 7.80. The second-order valence-corrected chi connectivity index (χ2v) is 6.60. The van der Waals surface area contributed by atoms with Crippen LogP contribution in [-0.4, -0.2) is 25.7 Å². The molecule has 0 saturated carbocycles. The van der Waals surface area contributed by atoms with Gasteiger partial charge in [-0.3, -0.25) is 4.98 Å². The van der Waals surface area contributed by atoms with Gasteiger partial charge in [-0.25, -0.2) is 9.55 Å². The Kier molecular flexibility index (Phi) is 4.75. The summed E-state index contributed by atoms with van der Waals surface area (Å²) >= 11 is 0. The van der Waals surface area contributed by atoms with Gasteiger partial charge in [-0.1, -0.05) is 12.1 Å². The zero-order valence-corrected chi connectivity index (χ0v) is 15.2. The number of alkyl halides is 6. The van der Waals surface area contributed by atoms with Gasteiger partial charge in [-0.2, -0.15) is 26.3 Å². The Morgan fingerprint density at radius 3 is 2.50 bits per heavy atom. The van der Waals surface area contributed by atoms with Crippen molar-refractivity contribution >= 4 is 11.2 Å². The van der Waals surface area contributed by atoms with E-state index in [1.807, 2.05) is 0 Å². The van der Waals surface area contributed by atoms with Gasteiger partial charge < -0.3 is 4.57 Å². The summed E-state index contributed by atoms with van der Waals surface area (Å²) in [6.45, 7) is -1.33. The first-order chi connectivity index (χ1) is 14.1. The summed E-state index contributed by atoms with van der Waals surface area (Å²) < 4.78 is 80.9. The number of aromatic amines is 1. The fourth-order valence-corrected chi connectivity index (χ4v) is 3.23. The number of halogens is 6.